The molecule has 6 heteroatoms. The van der Waals surface area contributed by atoms with Crippen molar-refractivity contribution in [3.63, 3.8) is 0 Å². The normalized spacial score (nSPS) is 10.7. The van der Waals surface area contributed by atoms with Crippen molar-refractivity contribution in [2.45, 2.75) is 13.5 Å². The van der Waals surface area contributed by atoms with Gasteiger partial charge >= 0.3 is 0 Å². The fourth-order valence-corrected chi connectivity index (χ4v) is 2.99. The SMILES string of the molecule is Cc1ccc(NC(=O)CON=Cc2ccc(OCc3ccccc3)c(Br)c2)cc1. The quantitative estimate of drug-likeness (QED) is 0.371. The second kappa shape index (κ2) is 10.4. The number of hydrogen-bond acceptors (Lipinski definition) is 4. The molecule has 0 saturated heterocycles. The minimum absolute atomic E-state index is 0.163. The average molecular weight is 453 g/mol. The van der Waals surface area contributed by atoms with E-state index in [0.29, 0.717) is 6.61 Å². The van der Waals surface area contributed by atoms with Gasteiger partial charge in [-0.2, -0.15) is 0 Å². The van der Waals surface area contributed by atoms with E-state index >= 15 is 0 Å². The van der Waals surface area contributed by atoms with Gasteiger partial charge in [-0.25, -0.2) is 0 Å². The maximum absolute atomic E-state index is 11.9. The van der Waals surface area contributed by atoms with Gasteiger partial charge in [-0.1, -0.05) is 53.2 Å². The van der Waals surface area contributed by atoms with E-state index in [1.165, 1.54) is 0 Å². The van der Waals surface area contributed by atoms with Crippen LogP contribution in [-0.4, -0.2) is 18.7 Å². The van der Waals surface area contributed by atoms with E-state index in [1.807, 2.05) is 79.7 Å². The number of nitrogens with zero attached hydrogens (tertiary/aromatic N) is 1. The number of nitrogens with one attached hydrogen (secondary N) is 1. The van der Waals surface area contributed by atoms with Crippen LogP contribution in [0.3, 0.4) is 0 Å². The number of carbonyl (C=O) groups is 1. The van der Waals surface area contributed by atoms with Crippen LogP contribution in [0.1, 0.15) is 16.7 Å². The third-order valence-electron chi connectivity index (χ3n) is 4.00. The number of benzene rings is 3. The summed E-state index contributed by atoms with van der Waals surface area (Å²) in [6.07, 6.45) is 1.55. The molecule has 0 atom stereocenters. The Morgan fingerprint density at radius 1 is 1.07 bits per heavy atom. The molecule has 0 aliphatic carbocycles. The van der Waals surface area contributed by atoms with Crippen molar-refractivity contribution >= 4 is 33.7 Å². The Kier molecular flexibility index (Phi) is 7.41. The number of aryl methyl sites for hydroxylation is 1. The minimum Gasteiger partial charge on any atom is -0.488 e. The Morgan fingerprint density at radius 3 is 2.55 bits per heavy atom. The van der Waals surface area contributed by atoms with E-state index in [4.69, 9.17) is 9.57 Å². The van der Waals surface area contributed by atoms with Crippen LogP contribution < -0.4 is 10.1 Å². The molecule has 5 nitrogen and oxygen atoms in total. The van der Waals surface area contributed by atoms with Gasteiger partial charge in [0, 0.05) is 5.69 Å². The topological polar surface area (TPSA) is 59.9 Å². The zero-order valence-electron chi connectivity index (χ0n) is 16.0. The minimum atomic E-state index is -0.267. The second-order valence-corrected chi connectivity index (χ2v) is 7.24. The summed E-state index contributed by atoms with van der Waals surface area (Å²) in [7, 11) is 0. The summed E-state index contributed by atoms with van der Waals surface area (Å²) in [5.41, 5.74) is 3.78. The lowest BCUT2D eigenvalue weighted by molar-refractivity contribution is -0.120. The van der Waals surface area contributed by atoms with Crippen molar-refractivity contribution in [2.75, 3.05) is 11.9 Å². The van der Waals surface area contributed by atoms with Gasteiger partial charge in [0.05, 0.1) is 10.7 Å². The van der Waals surface area contributed by atoms with Gasteiger partial charge < -0.3 is 14.9 Å². The molecule has 0 heterocycles. The third kappa shape index (κ3) is 6.76. The molecule has 0 bridgehead atoms. The predicted molar refractivity (Wildman–Crippen MR) is 118 cm³/mol. The molecule has 3 aromatic carbocycles. The van der Waals surface area contributed by atoms with E-state index in [1.54, 1.807) is 6.21 Å². The smallest absolute Gasteiger partial charge is 0.265 e. The molecule has 0 aromatic heterocycles. The predicted octanol–water partition coefficient (Wildman–Crippen LogP) is 5.33. The maximum Gasteiger partial charge on any atom is 0.265 e. The highest BCUT2D eigenvalue weighted by molar-refractivity contribution is 9.10. The Balaban J connectivity index is 1.46. The molecule has 0 spiro atoms. The first-order valence-corrected chi connectivity index (χ1v) is 9.87. The summed E-state index contributed by atoms with van der Waals surface area (Å²) < 4.78 is 6.64. The largest absolute Gasteiger partial charge is 0.488 e. The van der Waals surface area contributed by atoms with Gasteiger partial charge in [-0.05, 0) is 64.3 Å². The van der Waals surface area contributed by atoms with Crippen LogP contribution in [0.5, 0.6) is 5.75 Å². The molecule has 148 valence electrons. The van der Waals surface area contributed by atoms with Crippen molar-refractivity contribution in [1.82, 2.24) is 0 Å². The highest BCUT2D eigenvalue weighted by Gasteiger charge is 2.04. The maximum atomic E-state index is 11.9. The van der Waals surface area contributed by atoms with Gasteiger partial charge in [0.25, 0.3) is 5.91 Å². The van der Waals surface area contributed by atoms with Gasteiger partial charge in [-0.15, -0.1) is 0 Å². The first-order chi connectivity index (χ1) is 14.1. The zero-order chi connectivity index (χ0) is 20.5. The monoisotopic (exact) mass is 452 g/mol. The Bertz CT molecular complexity index is 973. The highest BCUT2D eigenvalue weighted by Crippen LogP contribution is 2.26. The molecular weight excluding hydrogens is 432 g/mol. The van der Waals surface area contributed by atoms with Crippen LogP contribution in [0.4, 0.5) is 5.69 Å². The highest BCUT2D eigenvalue weighted by atomic mass is 79.9. The van der Waals surface area contributed by atoms with Crippen LogP contribution in [0.15, 0.2) is 82.4 Å². The molecule has 3 aromatic rings. The van der Waals surface area contributed by atoms with Crippen LogP contribution in [0.25, 0.3) is 0 Å². The molecular formula is C23H21BrN2O3. The van der Waals surface area contributed by atoms with Crippen LogP contribution in [-0.2, 0) is 16.2 Å². The number of oxime groups is 1. The summed E-state index contributed by atoms with van der Waals surface area (Å²) >= 11 is 3.50. The Hall–Kier alpha value is -3.12. The van der Waals surface area contributed by atoms with Crippen molar-refractivity contribution in [2.24, 2.45) is 5.16 Å². The van der Waals surface area contributed by atoms with Gasteiger partial charge in [0.1, 0.15) is 12.4 Å². The van der Waals surface area contributed by atoms with Crippen molar-refractivity contribution in [3.8, 4) is 5.75 Å². The van der Waals surface area contributed by atoms with Crippen molar-refractivity contribution in [1.29, 1.82) is 0 Å². The molecule has 1 N–H and O–H groups in total. The number of anilines is 1. The molecule has 0 aliphatic rings. The number of ether oxygens (including phenoxy) is 1. The summed E-state index contributed by atoms with van der Waals surface area (Å²) in [6, 6.07) is 23.1. The molecule has 0 aliphatic heterocycles. The average Bonchev–Trinajstić information content (AvgIpc) is 2.73. The molecule has 1 amide bonds. The van der Waals surface area contributed by atoms with E-state index in [9.17, 15) is 4.79 Å². The lowest BCUT2D eigenvalue weighted by atomic mass is 10.2. The van der Waals surface area contributed by atoms with Gasteiger partial charge in [0.15, 0.2) is 6.61 Å². The first kappa shape index (κ1) is 20.6. The van der Waals surface area contributed by atoms with E-state index in [-0.39, 0.29) is 12.5 Å². The molecule has 0 saturated carbocycles. The number of amides is 1. The van der Waals surface area contributed by atoms with E-state index < -0.39 is 0 Å². The summed E-state index contributed by atoms with van der Waals surface area (Å²) in [5.74, 6) is 0.473. The summed E-state index contributed by atoms with van der Waals surface area (Å²) in [6.45, 7) is 2.32. The van der Waals surface area contributed by atoms with E-state index in [0.717, 1.165) is 32.6 Å². The second-order valence-electron chi connectivity index (χ2n) is 6.39. The molecule has 3 rings (SSSR count). The Morgan fingerprint density at radius 2 is 1.83 bits per heavy atom. The fraction of sp³-hybridized carbons (Fsp3) is 0.130. The van der Waals surface area contributed by atoms with Gasteiger partial charge in [-0.3, -0.25) is 4.79 Å². The molecule has 0 radical (unpaired) electrons. The first-order valence-electron chi connectivity index (χ1n) is 9.08. The number of rotatable bonds is 8. The Labute approximate surface area is 178 Å². The standard InChI is InChI=1S/C23H21BrN2O3/c1-17-7-10-20(11-8-17)26-23(27)16-29-25-14-19-9-12-22(21(24)13-19)28-15-18-5-3-2-4-6-18/h2-14H,15-16H2,1H3,(H,26,27). The van der Waals surface area contributed by atoms with E-state index in [2.05, 4.69) is 26.4 Å². The molecule has 29 heavy (non-hydrogen) atoms. The third-order valence-corrected chi connectivity index (χ3v) is 4.62. The zero-order valence-corrected chi connectivity index (χ0v) is 17.6. The number of halogens is 1. The van der Waals surface area contributed by atoms with Crippen LogP contribution >= 0.6 is 15.9 Å². The number of hydrogen-bond donors (Lipinski definition) is 1. The summed E-state index contributed by atoms with van der Waals surface area (Å²) in [5, 5.41) is 6.60. The van der Waals surface area contributed by atoms with Gasteiger partial charge in [0.2, 0.25) is 0 Å². The number of carbonyl (C=O) groups excluding carboxylic acids is 1. The molecule has 0 fully saturated rings. The summed E-state index contributed by atoms with van der Waals surface area (Å²) in [4.78, 5) is 16.9. The van der Waals surface area contributed by atoms with Crippen LogP contribution in [0, 0.1) is 6.92 Å². The fourth-order valence-electron chi connectivity index (χ4n) is 2.48. The lowest BCUT2D eigenvalue weighted by Crippen LogP contribution is -2.16. The van der Waals surface area contributed by atoms with Crippen molar-refractivity contribution < 1.29 is 14.4 Å². The lowest BCUT2D eigenvalue weighted by Gasteiger charge is -2.08. The van der Waals surface area contributed by atoms with Crippen LogP contribution in [0.2, 0.25) is 0 Å². The van der Waals surface area contributed by atoms with Crippen molar-refractivity contribution in [3.05, 3.63) is 94.0 Å². The molecule has 0 unspecified atom stereocenters.